The van der Waals surface area contributed by atoms with E-state index in [9.17, 15) is 14.7 Å². The molecule has 1 aliphatic carbocycles. The topological polar surface area (TPSA) is 74.6 Å². The number of hydrogen-bond donors (Lipinski definition) is 2. The van der Waals surface area contributed by atoms with E-state index in [-0.39, 0.29) is 24.0 Å². The fraction of sp³-hybridized carbons (Fsp3) is 0.455. The highest BCUT2D eigenvalue weighted by Crippen LogP contribution is 2.27. The van der Waals surface area contributed by atoms with Gasteiger partial charge in [-0.15, -0.1) is 0 Å². The molecule has 1 aliphatic rings. The van der Waals surface area contributed by atoms with Gasteiger partial charge >= 0.3 is 5.97 Å². The fourth-order valence-electron chi connectivity index (χ4n) is 2.70. The Morgan fingerprint density at radius 3 is 2.69 bits per heavy atom. The van der Waals surface area contributed by atoms with Gasteiger partial charge in [0, 0.05) is 12.3 Å². The van der Waals surface area contributed by atoms with Gasteiger partial charge in [0.2, 0.25) is 0 Å². The predicted molar refractivity (Wildman–Crippen MR) is 105 cm³/mol. The van der Waals surface area contributed by atoms with E-state index >= 15 is 0 Å². The molecule has 0 aromatic rings. The van der Waals surface area contributed by atoms with Crippen molar-refractivity contribution in [2.75, 3.05) is 0 Å². The van der Waals surface area contributed by atoms with Crippen LogP contribution in [0.15, 0.2) is 60.8 Å². The van der Waals surface area contributed by atoms with Crippen molar-refractivity contribution in [2.24, 2.45) is 11.8 Å². The van der Waals surface area contributed by atoms with Crippen molar-refractivity contribution in [2.45, 2.75) is 51.6 Å². The molecule has 0 aromatic carbocycles. The Bertz CT molecular complexity index is 581. The molecule has 0 unspecified atom stereocenters. The summed E-state index contributed by atoms with van der Waals surface area (Å²) in [5, 5.41) is 18.5. The van der Waals surface area contributed by atoms with Gasteiger partial charge in [-0.3, -0.25) is 9.59 Å². The van der Waals surface area contributed by atoms with E-state index in [1.165, 1.54) is 0 Å². The van der Waals surface area contributed by atoms with Crippen molar-refractivity contribution in [3.8, 4) is 0 Å². The van der Waals surface area contributed by atoms with Crippen molar-refractivity contribution >= 4 is 11.8 Å². The van der Waals surface area contributed by atoms with Crippen molar-refractivity contribution in [3.05, 3.63) is 60.8 Å². The molecule has 0 fully saturated rings. The first-order valence-corrected chi connectivity index (χ1v) is 9.29. The van der Waals surface area contributed by atoms with Crippen LogP contribution in [0, 0.1) is 11.8 Å². The summed E-state index contributed by atoms with van der Waals surface area (Å²) in [5.74, 6) is -0.766. The molecular weight excluding hydrogens is 328 g/mol. The van der Waals surface area contributed by atoms with Crippen LogP contribution in [-0.2, 0) is 9.59 Å². The predicted octanol–water partition coefficient (Wildman–Crippen LogP) is 4.39. The van der Waals surface area contributed by atoms with E-state index < -0.39 is 12.1 Å². The Labute approximate surface area is 156 Å². The zero-order valence-corrected chi connectivity index (χ0v) is 15.5. The van der Waals surface area contributed by atoms with Crippen molar-refractivity contribution in [3.63, 3.8) is 0 Å². The molecular formula is C22H30O4. The Kier molecular flexibility index (Phi) is 11.0. The molecule has 1 rings (SSSR count). The number of carbonyl (C=O) groups is 2. The van der Waals surface area contributed by atoms with Gasteiger partial charge in [-0.05, 0) is 44.1 Å². The van der Waals surface area contributed by atoms with Crippen LogP contribution in [-0.4, -0.2) is 28.1 Å². The molecule has 0 radical (unpaired) electrons. The monoisotopic (exact) mass is 358 g/mol. The third-order valence-corrected chi connectivity index (χ3v) is 4.16. The number of aliphatic hydroxyl groups is 1. The molecule has 0 heterocycles. The quantitative estimate of drug-likeness (QED) is 0.507. The first-order chi connectivity index (χ1) is 12.5. The van der Waals surface area contributed by atoms with E-state index in [1.807, 2.05) is 49.5 Å². The summed E-state index contributed by atoms with van der Waals surface area (Å²) >= 11 is 0. The van der Waals surface area contributed by atoms with E-state index in [0.29, 0.717) is 12.8 Å². The molecule has 0 aromatic heterocycles. The number of hydrogen-bond acceptors (Lipinski definition) is 3. The summed E-state index contributed by atoms with van der Waals surface area (Å²) in [7, 11) is 0. The molecule has 0 saturated carbocycles. The van der Waals surface area contributed by atoms with Gasteiger partial charge < -0.3 is 10.2 Å². The highest BCUT2D eigenvalue weighted by atomic mass is 16.4. The maximum atomic E-state index is 12.0. The summed E-state index contributed by atoms with van der Waals surface area (Å²) in [5.41, 5.74) is 0. The molecule has 0 aliphatic heterocycles. The van der Waals surface area contributed by atoms with Gasteiger partial charge in [0.25, 0.3) is 0 Å². The van der Waals surface area contributed by atoms with Gasteiger partial charge in [0.15, 0.2) is 5.78 Å². The number of aliphatic hydroxyl groups excluding tert-OH is 1. The number of aliphatic carboxylic acids is 1. The largest absolute Gasteiger partial charge is 0.481 e. The van der Waals surface area contributed by atoms with E-state index in [1.54, 1.807) is 12.2 Å². The average Bonchev–Trinajstić information content (AvgIpc) is 2.95. The second-order valence-corrected chi connectivity index (χ2v) is 6.37. The first kappa shape index (κ1) is 21.8. The normalized spacial score (nSPS) is 21.8. The van der Waals surface area contributed by atoms with Crippen LogP contribution in [0.3, 0.4) is 0 Å². The van der Waals surface area contributed by atoms with Crippen molar-refractivity contribution in [1.82, 2.24) is 0 Å². The molecule has 0 spiro atoms. The Balaban J connectivity index is 2.39. The minimum absolute atomic E-state index is 0.0875. The standard InChI is InChI=1S/C22H30O4/c1-2-3-8-12-19(23)15-16-20-18(14-17-21(20)24)11-9-6-4-5-7-10-13-22(25)26/h3,5-9,14-20,23H,2,4,10-13H2,1H3,(H,25,26)/b7-5-,8-3-,9-6-,16-15+/t18-,19-,20+/m0/s1. The summed E-state index contributed by atoms with van der Waals surface area (Å²) < 4.78 is 0. The summed E-state index contributed by atoms with van der Waals surface area (Å²) in [6, 6.07) is 0. The summed E-state index contributed by atoms with van der Waals surface area (Å²) in [4.78, 5) is 22.4. The van der Waals surface area contributed by atoms with Crippen LogP contribution in [0.25, 0.3) is 0 Å². The number of allylic oxidation sites excluding steroid dienone is 8. The van der Waals surface area contributed by atoms with Crippen LogP contribution in [0.2, 0.25) is 0 Å². The van der Waals surface area contributed by atoms with Crippen molar-refractivity contribution in [1.29, 1.82) is 0 Å². The van der Waals surface area contributed by atoms with E-state index in [2.05, 4.69) is 6.08 Å². The lowest BCUT2D eigenvalue weighted by molar-refractivity contribution is -0.136. The van der Waals surface area contributed by atoms with Gasteiger partial charge in [0.1, 0.15) is 0 Å². The molecule has 3 atom stereocenters. The van der Waals surface area contributed by atoms with Crippen LogP contribution >= 0.6 is 0 Å². The van der Waals surface area contributed by atoms with Crippen LogP contribution in [0.5, 0.6) is 0 Å². The lowest BCUT2D eigenvalue weighted by Crippen LogP contribution is -2.14. The lowest BCUT2D eigenvalue weighted by atomic mass is 9.91. The third-order valence-electron chi connectivity index (χ3n) is 4.16. The minimum atomic E-state index is -0.784. The molecule has 142 valence electrons. The smallest absolute Gasteiger partial charge is 0.303 e. The maximum absolute atomic E-state index is 12.0. The van der Waals surface area contributed by atoms with E-state index in [4.69, 9.17) is 5.11 Å². The zero-order chi connectivity index (χ0) is 19.2. The Hall–Kier alpha value is -2.20. The van der Waals surface area contributed by atoms with Gasteiger partial charge in [-0.1, -0.05) is 61.6 Å². The van der Waals surface area contributed by atoms with Crippen LogP contribution < -0.4 is 0 Å². The number of carboxylic acids is 1. The van der Waals surface area contributed by atoms with Crippen LogP contribution in [0.4, 0.5) is 0 Å². The zero-order valence-electron chi connectivity index (χ0n) is 15.5. The van der Waals surface area contributed by atoms with Gasteiger partial charge in [-0.2, -0.15) is 0 Å². The highest BCUT2D eigenvalue weighted by Gasteiger charge is 2.26. The minimum Gasteiger partial charge on any atom is -0.481 e. The molecule has 2 N–H and O–H groups in total. The molecule has 0 bridgehead atoms. The summed E-state index contributed by atoms with van der Waals surface area (Å²) in [6.45, 7) is 2.05. The molecule has 4 nitrogen and oxygen atoms in total. The highest BCUT2D eigenvalue weighted by molar-refractivity contribution is 5.95. The first-order valence-electron chi connectivity index (χ1n) is 9.29. The molecule has 0 saturated heterocycles. The number of ketones is 1. The maximum Gasteiger partial charge on any atom is 0.303 e. The molecule has 0 amide bonds. The van der Waals surface area contributed by atoms with Crippen molar-refractivity contribution < 1.29 is 19.8 Å². The molecule has 26 heavy (non-hydrogen) atoms. The second-order valence-electron chi connectivity index (χ2n) is 6.37. The SMILES string of the molecule is CC/C=C\C[C@H](O)/C=C/[C@H]1C(=O)C=C[C@@H]1C/C=C\C/C=C\CCC(=O)O. The average molecular weight is 358 g/mol. The second kappa shape index (κ2) is 13.1. The number of carboxylic acid groups (broad SMARTS) is 1. The van der Waals surface area contributed by atoms with E-state index in [0.717, 1.165) is 19.3 Å². The Morgan fingerprint density at radius 1 is 1.19 bits per heavy atom. The number of rotatable bonds is 12. The Morgan fingerprint density at radius 2 is 1.96 bits per heavy atom. The molecule has 4 heteroatoms. The van der Waals surface area contributed by atoms with Crippen LogP contribution in [0.1, 0.15) is 45.4 Å². The van der Waals surface area contributed by atoms with Gasteiger partial charge in [0.05, 0.1) is 6.10 Å². The number of carbonyl (C=O) groups excluding carboxylic acids is 1. The lowest BCUT2D eigenvalue weighted by Gasteiger charge is -2.13. The summed E-state index contributed by atoms with van der Waals surface area (Å²) in [6.07, 6.45) is 22.2. The third kappa shape index (κ3) is 9.33. The van der Waals surface area contributed by atoms with Gasteiger partial charge in [-0.25, -0.2) is 0 Å². The fourth-order valence-corrected chi connectivity index (χ4v) is 2.70.